The van der Waals surface area contributed by atoms with Gasteiger partial charge in [-0.15, -0.1) is 10.2 Å². The summed E-state index contributed by atoms with van der Waals surface area (Å²) in [5, 5.41) is 19.7. The first-order valence-electron chi connectivity index (χ1n) is 10.2. The van der Waals surface area contributed by atoms with Gasteiger partial charge in [-0.25, -0.2) is 4.39 Å². The first-order valence-corrected chi connectivity index (χ1v) is 11.1. The summed E-state index contributed by atoms with van der Waals surface area (Å²) in [6.07, 6.45) is 4.12. The molecule has 1 saturated heterocycles. The van der Waals surface area contributed by atoms with Crippen LogP contribution in [0.4, 0.5) is 4.39 Å². The minimum atomic E-state index is -0.381. The van der Waals surface area contributed by atoms with Crippen molar-refractivity contribution < 1.29 is 9.13 Å². The maximum atomic E-state index is 14.3. The predicted molar refractivity (Wildman–Crippen MR) is 117 cm³/mol. The number of fused-ring (bicyclic) bond motifs is 1. The lowest BCUT2D eigenvalue weighted by atomic mass is 10.1. The summed E-state index contributed by atoms with van der Waals surface area (Å²) < 4.78 is 22.3. The van der Waals surface area contributed by atoms with E-state index in [-0.39, 0.29) is 11.9 Å². The number of halogens is 1. The van der Waals surface area contributed by atoms with Crippen molar-refractivity contribution in [2.45, 2.75) is 36.4 Å². The number of aromatic nitrogens is 4. The summed E-state index contributed by atoms with van der Waals surface area (Å²) >= 11 is 1.44. The summed E-state index contributed by atoms with van der Waals surface area (Å²) in [5.74, 6) is 0.791. The highest BCUT2D eigenvalue weighted by Crippen LogP contribution is 2.32. The van der Waals surface area contributed by atoms with Gasteiger partial charge in [0.1, 0.15) is 5.82 Å². The second-order valence-electron chi connectivity index (χ2n) is 7.51. The van der Waals surface area contributed by atoms with E-state index in [4.69, 9.17) is 10.00 Å². The fourth-order valence-corrected chi connectivity index (χ4v) is 4.82. The lowest BCUT2D eigenvalue weighted by Gasteiger charge is -2.14. The molecular weight excluding hydrogens is 413 g/mol. The third kappa shape index (κ3) is 3.94. The summed E-state index contributed by atoms with van der Waals surface area (Å²) in [6.45, 7) is 1.42. The molecule has 1 atom stereocenters. The number of hydrogen-bond acceptors (Lipinski definition) is 5. The Morgan fingerprint density at radius 1 is 1.26 bits per heavy atom. The number of ether oxygens (including phenoxy) is 1. The first-order chi connectivity index (χ1) is 15.2. The average molecular weight is 434 g/mol. The van der Waals surface area contributed by atoms with Gasteiger partial charge in [0.25, 0.3) is 0 Å². The molecule has 31 heavy (non-hydrogen) atoms. The van der Waals surface area contributed by atoms with Crippen molar-refractivity contribution >= 4 is 22.7 Å². The smallest absolute Gasteiger partial charge is 0.191 e. The second kappa shape index (κ2) is 8.53. The summed E-state index contributed by atoms with van der Waals surface area (Å²) in [7, 11) is 0. The van der Waals surface area contributed by atoms with Gasteiger partial charge in [0, 0.05) is 35.0 Å². The Hall–Kier alpha value is -3.15. The Kier molecular flexibility index (Phi) is 5.45. The molecule has 1 N–H and O–H groups in total. The van der Waals surface area contributed by atoms with Crippen molar-refractivity contribution in [3.8, 4) is 17.5 Å². The van der Waals surface area contributed by atoms with E-state index in [0.29, 0.717) is 23.4 Å². The maximum absolute atomic E-state index is 14.3. The number of thioether (sulfide) groups is 1. The Balaban J connectivity index is 1.48. The zero-order valence-corrected chi connectivity index (χ0v) is 17.5. The van der Waals surface area contributed by atoms with E-state index in [1.807, 2.05) is 30.5 Å². The number of nitrogens with one attached hydrogen (secondary N) is 1. The number of nitrogens with zero attached hydrogens (tertiary/aromatic N) is 4. The van der Waals surface area contributed by atoms with Crippen LogP contribution in [0.15, 0.2) is 53.8 Å². The van der Waals surface area contributed by atoms with Gasteiger partial charge >= 0.3 is 0 Å². The van der Waals surface area contributed by atoms with Crippen molar-refractivity contribution in [2.75, 3.05) is 6.61 Å². The van der Waals surface area contributed by atoms with E-state index >= 15 is 0 Å². The highest BCUT2D eigenvalue weighted by Gasteiger charge is 2.23. The SMILES string of the molecule is N#Cc1ccc(CSc2nnc(-c3c[nH]c4ccccc34)n2CC2CCCO2)c(F)c1. The largest absolute Gasteiger partial charge is 0.376 e. The number of hydrogen-bond donors (Lipinski definition) is 1. The predicted octanol–water partition coefficient (Wildman–Crippen LogP) is 4.91. The molecule has 0 saturated carbocycles. The van der Waals surface area contributed by atoms with Crippen LogP contribution in [-0.4, -0.2) is 32.5 Å². The van der Waals surface area contributed by atoms with Crippen LogP contribution in [-0.2, 0) is 17.0 Å². The van der Waals surface area contributed by atoms with Gasteiger partial charge in [0.2, 0.25) is 0 Å². The Labute approximate surface area is 183 Å². The highest BCUT2D eigenvalue weighted by molar-refractivity contribution is 7.98. The van der Waals surface area contributed by atoms with Crippen LogP contribution in [0.25, 0.3) is 22.3 Å². The molecule has 156 valence electrons. The van der Waals surface area contributed by atoms with Crippen molar-refractivity contribution in [3.05, 3.63) is 65.6 Å². The summed E-state index contributed by atoms with van der Waals surface area (Å²) in [4.78, 5) is 3.30. The Morgan fingerprint density at radius 2 is 2.16 bits per heavy atom. The van der Waals surface area contributed by atoms with Gasteiger partial charge in [0.05, 0.1) is 24.3 Å². The fourth-order valence-electron chi connectivity index (χ4n) is 3.88. The molecule has 0 spiro atoms. The molecule has 1 aliphatic rings. The molecule has 3 heterocycles. The van der Waals surface area contributed by atoms with E-state index < -0.39 is 0 Å². The van der Waals surface area contributed by atoms with Crippen molar-refractivity contribution in [1.29, 1.82) is 5.26 Å². The van der Waals surface area contributed by atoms with Crippen LogP contribution in [0.5, 0.6) is 0 Å². The Morgan fingerprint density at radius 3 is 2.97 bits per heavy atom. The monoisotopic (exact) mass is 433 g/mol. The third-order valence-corrected chi connectivity index (χ3v) is 6.51. The molecule has 5 rings (SSSR count). The van der Waals surface area contributed by atoms with E-state index in [9.17, 15) is 4.39 Å². The van der Waals surface area contributed by atoms with Crippen molar-refractivity contribution in [3.63, 3.8) is 0 Å². The number of H-pyrrole nitrogens is 1. The topological polar surface area (TPSA) is 79.5 Å². The van der Waals surface area contributed by atoms with E-state index in [1.165, 1.54) is 17.8 Å². The van der Waals surface area contributed by atoms with Crippen LogP contribution >= 0.6 is 11.8 Å². The molecule has 0 amide bonds. The molecule has 2 aromatic heterocycles. The molecule has 4 aromatic rings. The number of para-hydroxylation sites is 1. The molecule has 1 unspecified atom stereocenters. The minimum Gasteiger partial charge on any atom is -0.376 e. The molecule has 0 aliphatic carbocycles. The molecule has 0 radical (unpaired) electrons. The average Bonchev–Trinajstić information content (AvgIpc) is 3.53. The van der Waals surface area contributed by atoms with Gasteiger partial charge in [-0.05, 0) is 36.6 Å². The van der Waals surface area contributed by atoms with Crippen molar-refractivity contribution in [2.24, 2.45) is 0 Å². The normalized spacial score (nSPS) is 16.1. The van der Waals surface area contributed by atoms with Gasteiger partial charge in [-0.3, -0.25) is 4.57 Å². The lowest BCUT2D eigenvalue weighted by Crippen LogP contribution is -2.16. The Bertz CT molecular complexity index is 1270. The minimum absolute atomic E-state index is 0.117. The molecule has 8 heteroatoms. The first kappa shape index (κ1) is 19.8. The van der Waals surface area contributed by atoms with Crippen LogP contribution < -0.4 is 0 Å². The number of benzene rings is 2. The quantitative estimate of drug-likeness (QED) is 0.437. The van der Waals surface area contributed by atoms with Crippen LogP contribution in [0.2, 0.25) is 0 Å². The van der Waals surface area contributed by atoms with Gasteiger partial charge < -0.3 is 9.72 Å². The molecule has 2 aromatic carbocycles. The third-order valence-electron chi connectivity index (χ3n) is 5.50. The molecule has 0 bridgehead atoms. The zero-order valence-electron chi connectivity index (χ0n) is 16.7. The highest BCUT2D eigenvalue weighted by atomic mass is 32.2. The summed E-state index contributed by atoms with van der Waals surface area (Å²) in [6, 6.07) is 14.6. The van der Waals surface area contributed by atoms with Crippen LogP contribution in [0.3, 0.4) is 0 Å². The van der Waals surface area contributed by atoms with Gasteiger partial charge in [-0.1, -0.05) is 36.0 Å². The van der Waals surface area contributed by atoms with E-state index in [2.05, 4.69) is 25.8 Å². The number of nitriles is 1. The fraction of sp³-hybridized carbons (Fsp3) is 0.261. The van der Waals surface area contributed by atoms with Crippen LogP contribution in [0.1, 0.15) is 24.0 Å². The van der Waals surface area contributed by atoms with Gasteiger partial charge in [-0.2, -0.15) is 5.26 Å². The second-order valence-corrected chi connectivity index (χ2v) is 8.45. The molecule has 6 nitrogen and oxygen atoms in total. The lowest BCUT2D eigenvalue weighted by molar-refractivity contribution is 0.0953. The number of aromatic amines is 1. The van der Waals surface area contributed by atoms with E-state index in [1.54, 1.807) is 12.1 Å². The number of rotatable bonds is 6. The van der Waals surface area contributed by atoms with Gasteiger partial charge in [0.15, 0.2) is 11.0 Å². The maximum Gasteiger partial charge on any atom is 0.191 e. The van der Waals surface area contributed by atoms with Crippen LogP contribution in [0, 0.1) is 17.1 Å². The molecular formula is C23H20FN5OS. The van der Waals surface area contributed by atoms with E-state index in [0.717, 1.165) is 46.9 Å². The zero-order chi connectivity index (χ0) is 21.2. The molecule has 1 fully saturated rings. The van der Waals surface area contributed by atoms with Crippen molar-refractivity contribution in [1.82, 2.24) is 19.7 Å². The summed E-state index contributed by atoms with van der Waals surface area (Å²) in [5.41, 5.74) is 2.87. The standard InChI is InChI=1S/C23H20FN5OS/c24-20-10-15(11-25)7-8-16(20)14-31-23-28-27-22(29(23)13-17-4-3-9-30-17)19-12-26-21-6-2-1-5-18(19)21/h1-2,5-8,10,12,17,26H,3-4,9,13-14H2. The molecule has 1 aliphatic heterocycles.